The number of aromatic nitrogens is 1. The highest BCUT2D eigenvalue weighted by atomic mass is 32.1. The first-order valence-corrected chi connectivity index (χ1v) is 9.98. The number of piperidine rings is 1. The molecule has 0 bridgehead atoms. The van der Waals surface area contributed by atoms with Crippen LogP contribution in [0.3, 0.4) is 0 Å². The molecule has 1 atom stereocenters. The maximum absolute atomic E-state index is 11.6. The van der Waals surface area contributed by atoms with E-state index >= 15 is 0 Å². The van der Waals surface area contributed by atoms with Gasteiger partial charge in [0.25, 0.3) is 0 Å². The summed E-state index contributed by atoms with van der Waals surface area (Å²) >= 11 is 1.31. The van der Waals surface area contributed by atoms with E-state index < -0.39 is 0 Å². The van der Waals surface area contributed by atoms with Crippen molar-refractivity contribution in [3.05, 3.63) is 45.1 Å². The molecule has 1 fully saturated rings. The molecular weight excluding hydrogens is 316 g/mol. The largest absolute Gasteiger partial charge is 0.312 e. The maximum atomic E-state index is 11.6. The molecule has 0 unspecified atom stereocenters. The van der Waals surface area contributed by atoms with E-state index in [1.807, 2.05) is 6.07 Å². The van der Waals surface area contributed by atoms with E-state index in [4.69, 9.17) is 0 Å². The highest BCUT2D eigenvalue weighted by molar-refractivity contribution is 7.16. The molecule has 2 aromatic rings. The molecule has 1 aliphatic heterocycles. The van der Waals surface area contributed by atoms with Crippen LogP contribution in [0.1, 0.15) is 45.1 Å². The summed E-state index contributed by atoms with van der Waals surface area (Å²) in [5, 5.41) is 0. The fraction of sp³-hybridized carbons (Fsp3) is 0.550. The first-order chi connectivity index (χ1) is 11.7. The molecule has 4 heteroatoms. The van der Waals surface area contributed by atoms with Gasteiger partial charge in [-0.1, -0.05) is 55.4 Å². The Hall–Kier alpha value is -1.39. The highest BCUT2D eigenvalue weighted by Gasteiger charge is 2.17. The number of rotatable bonds is 6. The van der Waals surface area contributed by atoms with Gasteiger partial charge in [0.15, 0.2) is 0 Å². The quantitative estimate of drug-likeness (QED) is 0.778. The smallest absolute Gasteiger partial charge is 0.305 e. The number of likely N-dealkylation sites (tertiary alicyclic amines) is 1. The van der Waals surface area contributed by atoms with Crippen molar-refractivity contribution in [2.75, 3.05) is 19.6 Å². The standard InChI is InChI=1S/C20H28N2OS/c1-3-4-6-16-9-11-22(12-10-16)14-15(2)13-17-7-5-8-18-19(17)21-20(23)24-18/h5-8,15H,3-4,9-14H2,1-2H3,(H,21,23)/t15-/m1/s1. The average molecular weight is 345 g/mol. The number of thiazole rings is 1. The molecule has 1 saturated heterocycles. The Bertz CT molecular complexity index is 748. The number of nitrogens with zero attached hydrogens (tertiary/aromatic N) is 1. The van der Waals surface area contributed by atoms with Gasteiger partial charge in [0.1, 0.15) is 0 Å². The lowest BCUT2D eigenvalue weighted by Gasteiger charge is -2.30. The van der Waals surface area contributed by atoms with Crippen molar-refractivity contribution in [3.8, 4) is 0 Å². The van der Waals surface area contributed by atoms with Gasteiger partial charge in [-0.2, -0.15) is 0 Å². The van der Waals surface area contributed by atoms with Crippen LogP contribution >= 0.6 is 11.3 Å². The van der Waals surface area contributed by atoms with Gasteiger partial charge < -0.3 is 9.88 Å². The number of nitrogens with one attached hydrogen (secondary N) is 1. The molecule has 0 saturated carbocycles. The van der Waals surface area contributed by atoms with Gasteiger partial charge in [-0.3, -0.25) is 4.79 Å². The molecule has 0 spiro atoms. The third kappa shape index (κ3) is 4.37. The number of fused-ring (bicyclic) bond motifs is 1. The predicted octanol–water partition coefficient (Wildman–Crippen LogP) is 4.59. The monoisotopic (exact) mass is 344 g/mol. The zero-order chi connectivity index (χ0) is 16.9. The summed E-state index contributed by atoms with van der Waals surface area (Å²) in [6, 6.07) is 6.25. The second-order valence-electron chi connectivity index (χ2n) is 7.07. The number of aromatic amines is 1. The van der Waals surface area contributed by atoms with Crippen molar-refractivity contribution < 1.29 is 0 Å². The second kappa shape index (κ2) is 8.13. The van der Waals surface area contributed by atoms with Crippen LogP contribution in [0.25, 0.3) is 10.2 Å². The number of hydrogen-bond donors (Lipinski definition) is 1. The van der Waals surface area contributed by atoms with Gasteiger partial charge in [-0.05, 0) is 43.2 Å². The number of benzene rings is 1. The highest BCUT2D eigenvalue weighted by Crippen LogP contribution is 2.23. The fourth-order valence-corrected chi connectivity index (χ4v) is 4.44. The van der Waals surface area contributed by atoms with E-state index in [-0.39, 0.29) is 4.87 Å². The first-order valence-electron chi connectivity index (χ1n) is 9.16. The van der Waals surface area contributed by atoms with Crippen LogP contribution in [0, 0.1) is 5.92 Å². The molecule has 2 heterocycles. The minimum atomic E-state index is 0.0486. The third-order valence-corrected chi connectivity index (χ3v) is 5.75. The van der Waals surface area contributed by atoms with Crippen LogP contribution < -0.4 is 4.87 Å². The lowest BCUT2D eigenvalue weighted by molar-refractivity contribution is 0.222. The number of hydrogen-bond acceptors (Lipinski definition) is 3. The van der Waals surface area contributed by atoms with E-state index in [0.29, 0.717) is 5.92 Å². The summed E-state index contributed by atoms with van der Waals surface area (Å²) in [7, 11) is 0. The van der Waals surface area contributed by atoms with Crippen LogP contribution in [0.15, 0.2) is 34.6 Å². The minimum Gasteiger partial charge on any atom is -0.312 e. The molecule has 0 aliphatic carbocycles. The van der Waals surface area contributed by atoms with Crippen molar-refractivity contribution >= 4 is 21.6 Å². The summed E-state index contributed by atoms with van der Waals surface area (Å²) in [6.07, 6.45) is 8.43. The van der Waals surface area contributed by atoms with Crippen molar-refractivity contribution in [2.45, 2.75) is 46.0 Å². The fourth-order valence-electron chi connectivity index (χ4n) is 3.66. The Balaban J connectivity index is 1.56. The molecular formula is C20H28N2OS. The lowest BCUT2D eigenvalue weighted by Crippen LogP contribution is -2.34. The normalized spacial score (nSPS) is 17.3. The second-order valence-corrected chi connectivity index (χ2v) is 8.08. The molecule has 1 aliphatic rings. The zero-order valence-corrected chi connectivity index (χ0v) is 15.6. The van der Waals surface area contributed by atoms with Gasteiger partial charge in [0.2, 0.25) is 0 Å². The topological polar surface area (TPSA) is 36.1 Å². The van der Waals surface area contributed by atoms with E-state index in [2.05, 4.69) is 41.9 Å². The Morgan fingerprint density at radius 2 is 2.12 bits per heavy atom. The van der Waals surface area contributed by atoms with E-state index in [9.17, 15) is 4.79 Å². The Morgan fingerprint density at radius 1 is 1.33 bits per heavy atom. The maximum Gasteiger partial charge on any atom is 0.305 e. The van der Waals surface area contributed by atoms with Gasteiger partial charge >= 0.3 is 4.87 Å². The molecule has 130 valence electrons. The van der Waals surface area contributed by atoms with Crippen molar-refractivity contribution in [1.82, 2.24) is 9.88 Å². The van der Waals surface area contributed by atoms with Gasteiger partial charge in [0.05, 0.1) is 10.2 Å². The van der Waals surface area contributed by atoms with Gasteiger partial charge in [0, 0.05) is 19.6 Å². The Labute approximate surface area is 148 Å². The molecule has 1 aromatic heterocycles. The van der Waals surface area contributed by atoms with Crippen molar-refractivity contribution in [1.29, 1.82) is 0 Å². The predicted molar refractivity (Wildman–Crippen MR) is 104 cm³/mol. The average Bonchev–Trinajstić information content (AvgIpc) is 2.95. The van der Waals surface area contributed by atoms with Crippen LogP contribution in [0.2, 0.25) is 0 Å². The summed E-state index contributed by atoms with van der Waals surface area (Å²) in [4.78, 5) is 17.3. The molecule has 3 nitrogen and oxygen atoms in total. The first kappa shape index (κ1) is 17.4. The van der Waals surface area contributed by atoms with Gasteiger partial charge in [-0.15, -0.1) is 0 Å². The Morgan fingerprint density at radius 3 is 2.88 bits per heavy atom. The van der Waals surface area contributed by atoms with Crippen LogP contribution in [-0.4, -0.2) is 29.5 Å². The van der Waals surface area contributed by atoms with E-state index in [0.717, 1.165) is 23.2 Å². The SMILES string of the molecule is CCCC=C1CCN(C[C@H](C)Cc2cccc3sc(=O)[nH]c23)CC1. The summed E-state index contributed by atoms with van der Waals surface area (Å²) in [5.41, 5.74) is 3.98. The number of unbranched alkanes of at least 4 members (excludes halogenated alkanes) is 1. The summed E-state index contributed by atoms with van der Waals surface area (Å²) in [6.45, 7) is 8.10. The molecule has 1 N–H and O–H groups in total. The van der Waals surface area contributed by atoms with Crippen molar-refractivity contribution in [3.63, 3.8) is 0 Å². The third-order valence-electron chi connectivity index (χ3n) is 4.90. The van der Waals surface area contributed by atoms with E-state index in [1.54, 1.807) is 5.57 Å². The molecule has 24 heavy (non-hydrogen) atoms. The lowest BCUT2D eigenvalue weighted by atomic mass is 9.97. The molecule has 0 radical (unpaired) electrons. The Kier molecular flexibility index (Phi) is 5.90. The van der Waals surface area contributed by atoms with Crippen LogP contribution in [-0.2, 0) is 6.42 Å². The molecule has 3 rings (SSSR count). The van der Waals surface area contributed by atoms with Gasteiger partial charge in [-0.25, -0.2) is 0 Å². The number of H-pyrrole nitrogens is 1. The van der Waals surface area contributed by atoms with Crippen LogP contribution in [0.4, 0.5) is 0 Å². The molecule has 1 aromatic carbocycles. The minimum absolute atomic E-state index is 0.0486. The van der Waals surface area contributed by atoms with Crippen LogP contribution in [0.5, 0.6) is 0 Å². The number of para-hydroxylation sites is 1. The summed E-state index contributed by atoms with van der Waals surface area (Å²) < 4.78 is 1.08. The zero-order valence-electron chi connectivity index (χ0n) is 14.8. The van der Waals surface area contributed by atoms with E-state index in [1.165, 1.54) is 55.7 Å². The van der Waals surface area contributed by atoms with Crippen molar-refractivity contribution in [2.24, 2.45) is 5.92 Å². The summed E-state index contributed by atoms with van der Waals surface area (Å²) in [5.74, 6) is 0.597. The number of allylic oxidation sites excluding steroid dienone is 1. The molecule has 0 amide bonds.